The predicted octanol–water partition coefficient (Wildman–Crippen LogP) is 1.81. The molecule has 2 amide bonds. The van der Waals surface area contributed by atoms with Crippen molar-refractivity contribution in [3.63, 3.8) is 0 Å². The van der Waals surface area contributed by atoms with Gasteiger partial charge in [-0.25, -0.2) is 14.5 Å². The van der Waals surface area contributed by atoms with Crippen molar-refractivity contribution >= 4 is 12.0 Å². The summed E-state index contributed by atoms with van der Waals surface area (Å²) in [5.74, 6) is -0.241. The lowest BCUT2D eigenvalue weighted by Crippen LogP contribution is -2.45. The Morgan fingerprint density at radius 2 is 1.89 bits per heavy atom. The van der Waals surface area contributed by atoms with Gasteiger partial charge >= 0.3 is 12.0 Å². The normalized spacial score (nSPS) is 14.8. The molecule has 1 N–H and O–H groups in total. The van der Waals surface area contributed by atoms with Gasteiger partial charge in [-0.05, 0) is 30.9 Å². The minimum Gasteiger partial charge on any atom is -0.466 e. The third kappa shape index (κ3) is 5.29. The molecular formula is C19H25N5O3. The van der Waals surface area contributed by atoms with Gasteiger partial charge in [-0.2, -0.15) is 5.10 Å². The summed E-state index contributed by atoms with van der Waals surface area (Å²) in [4.78, 5) is 29.8. The Morgan fingerprint density at radius 1 is 1.19 bits per heavy atom. The van der Waals surface area contributed by atoms with E-state index in [1.807, 2.05) is 31.2 Å². The van der Waals surface area contributed by atoms with E-state index in [1.54, 1.807) is 15.9 Å². The van der Waals surface area contributed by atoms with E-state index in [0.717, 1.165) is 11.1 Å². The molecule has 0 atom stereocenters. The number of urea groups is 1. The van der Waals surface area contributed by atoms with Crippen LogP contribution in [-0.4, -0.2) is 51.4 Å². The van der Waals surface area contributed by atoms with Crippen LogP contribution in [0.1, 0.15) is 30.9 Å². The van der Waals surface area contributed by atoms with Gasteiger partial charge in [0.2, 0.25) is 0 Å². The largest absolute Gasteiger partial charge is 0.466 e. The molecule has 1 saturated heterocycles. The number of amides is 2. The maximum absolute atomic E-state index is 12.3. The van der Waals surface area contributed by atoms with E-state index in [9.17, 15) is 9.59 Å². The molecule has 0 bridgehead atoms. The number of likely N-dealkylation sites (tertiary alicyclic amines) is 1. The van der Waals surface area contributed by atoms with Crippen LogP contribution in [0.15, 0.2) is 36.9 Å². The highest BCUT2D eigenvalue weighted by Gasteiger charge is 2.27. The molecule has 1 aromatic carbocycles. The first-order valence-electron chi connectivity index (χ1n) is 9.25. The lowest BCUT2D eigenvalue weighted by Gasteiger charge is -2.30. The number of nitrogens with one attached hydrogen (secondary N) is 1. The molecule has 0 spiro atoms. The highest BCUT2D eigenvalue weighted by molar-refractivity contribution is 5.76. The Bertz CT molecular complexity index is 737. The van der Waals surface area contributed by atoms with Crippen LogP contribution in [-0.2, 0) is 22.6 Å². The van der Waals surface area contributed by atoms with E-state index in [1.165, 1.54) is 6.33 Å². The van der Waals surface area contributed by atoms with Crippen LogP contribution in [0.2, 0.25) is 0 Å². The SMILES string of the molecule is CCOC(=O)C1CCN(C(=O)NCc2ccc(Cn3cncn3)cc2)CC1. The molecular weight excluding hydrogens is 346 g/mol. The Hall–Kier alpha value is -2.90. The zero-order chi connectivity index (χ0) is 19.1. The molecule has 0 radical (unpaired) electrons. The fraction of sp³-hybridized carbons (Fsp3) is 0.474. The lowest BCUT2D eigenvalue weighted by atomic mass is 9.97. The van der Waals surface area contributed by atoms with Crippen LogP contribution in [0.25, 0.3) is 0 Å². The van der Waals surface area contributed by atoms with Crippen molar-refractivity contribution in [1.82, 2.24) is 25.0 Å². The second-order valence-electron chi connectivity index (χ2n) is 6.58. The molecule has 8 heteroatoms. The molecule has 0 saturated carbocycles. The number of carbonyl (C=O) groups excluding carboxylic acids is 2. The van der Waals surface area contributed by atoms with Crippen molar-refractivity contribution in [3.05, 3.63) is 48.0 Å². The van der Waals surface area contributed by atoms with Crippen LogP contribution in [0.4, 0.5) is 4.79 Å². The number of hydrogen-bond acceptors (Lipinski definition) is 5. The number of benzene rings is 1. The summed E-state index contributed by atoms with van der Waals surface area (Å²) < 4.78 is 6.82. The fourth-order valence-corrected chi connectivity index (χ4v) is 3.13. The second-order valence-corrected chi connectivity index (χ2v) is 6.58. The number of nitrogens with zero attached hydrogens (tertiary/aromatic N) is 4. The Labute approximate surface area is 158 Å². The number of rotatable bonds is 6. The van der Waals surface area contributed by atoms with E-state index < -0.39 is 0 Å². The molecule has 1 aliphatic heterocycles. The number of ether oxygens (including phenoxy) is 1. The van der Waals surface area contributed by atoms with E-state index in [-0.39, 0.29) is 17.9 Å². The van der Waals surface area contributed by atoms with E-state index in [2.05, 4.69) is 15.4 Å². The summed E-state index contributed by atoms with van der Waals surface area (Å²) in [6.45, 7) is 4.50. The molecule has 1 aliphatic rings. The average molecular weight is 371 g/mol. The Morgan fingerprint density at radius 3 is 2.52 bits per heavy atom. The van der Waals surface area contributed by atoms with Crippen LogP contribution < -0.4 is 5.32 Å². The van der Waals surface area contributed by atoms with Crippen LogP contribution in [0.3, 0.4) is 0 Å². The van der Waals surface area contributed by atoms with Gasteiger partial charge in [0.15, 0.2) is 0 Å². The van der Waals surface area contributed by atoms with Gasteiger partial charge in [0.1, 0.15) is 12.7 Å². The van der Waals surface area contributed by atoms with Crippen LogP contribution in [0, 0.1) is 5.92 Å². The quantitative estimate of drug-likeness (QED) is 0.782. The summed E-state index contributed by atoms with van der Waals surface area (Å²) in [7, 11) is 0. The van der Waals surface area contributed by atoms with Gasteiger partial charge in [-0.15, -0.1) is 0 Å². The van der Waals surface area contributed by atoms with E-state index in [0.29, 0.717) is 45.6 Å². The molecule has 3 rings (SSSR count). The average Bonchev–Trinajstić information content (AvgIpc) is 3.20. The van der Waals surface area contributed by atoms with Gasteiger partial charge in [0.25, 0.3) is 0 Å². The van der Waals surface area contributed by atoms with Gasteiger partial charge in [0, 0.05) is 19.6 Å². The van der Waals surface area contributed by atoms with Crippen molar-refractivity contribution in [2.24, 2.45) is 5.92 Å². The number of aromatic nitrogens is 3. The van der Waals surface area contributed by atoms with Crippen LogP contribution >= 0.6 is 0 Å². The zero-order valence-corrected chi connectivity index (χ0v) is 15.5. The van der Waals surface area contributed by atoms with E-state index >= 15 is 0 Å². The molecule has 2 heterocycles. The highest BCUT2D eigenvalue weighted by Crippen LogP contribution is 2.18. The summed E-state index contributed by atoms with van der Waals surface area (Å²) in [6.07, 6.45) is 4.51. The maximum Gasteiger partial charge on any atom is 0.317 e. The number of piperidine rings is 1. The smallest absolute Gasteiger partial charge is 0.317 e. The van der Waals surface area contributed by atoms with Crippen molar-refractivity contribution < 1.29 is 14.3 Å². The van der Waals surface area contributed by atoms with Crippen molar-refractivity contribution in [1.29, 1.82) is 0 Å². The molecule has 144 valence electrons. The zero-order valence-electron chi connectivity index (χ0n) is 15.5. The first-order chi connectivity index (χ1) is 13.2. The summed E-state index contributed by atoms with van der Waals surface area (Å²) in [5, 5.41) is 7.03. The van der Waals surface area contributed by atoms with Gasteiger partial charge in [-0.1, -0.05) is 24.3 Å². The number of esters is 1. The van der Waals surface area contributed by atoms with Gasteiger partial charge < -0.3 is 15.0 Å². The molecule has 1 aromatic heterocycles. The van der Waals surface area contributed by atoms with E-state index in [4.69, 9.17) is 4.74 Å². The number of carbonyl (C=O) groups is 2. The first kappa shape index (κ1) is 18.9. The van der Waals surface area contributed by atoms with Crippen molar-refractivity contribution in [2.45, 2.75) is 32.9 Å². The van der Waals surface area contributed by atoms with Crippen molar-refractivity contribution in [3.8, 4) is 0 Å². The molecule has 2 aromatic rings. The third-order valence-corrected chi connectivity index (χ3v) is 4.68. The highest BCUT2D eigenvalue weighted by atomic mass is 16.5. The minimum absolute atomic E-state index is 0.0912. The molecule has 0 aliphatic carbocycles. The number of hydrogen-bond donors (Lipinski definition) is 1. The Balaban J connectivity index is 1.42. The second kappa shape index (κ2) is 9.16. The Kier molecular flexibility index (Phi) is 6.40. The first-order valence-corrected chi connectivity index (χ1v) is 9.25. The standard InChI is InChI=1S/C19H25N5O3/c1-2-27-18(25)17-7-9-23(10-8-17)19(26)21-11-15-3-5-16(6-4-15)12-24-14-20-13-22-24/h3-6,13-14,17H,2,7-12H2,1H3,(H,21,26). The summed E-state index contributed by atoms with van der Waals surface area (Å²) in [6, 6.07) is 7.95. The summed E-state index contributed by atoms with van der Waals surface area (Å²) >= 11 is 0. The fourth-order valence-electron chi connectivity index (χ4n) is 3.13. The molecule has 8 nitrogen and oxygen atoms in total. The monoisotopic (exact) mass is 371 g/mol. The van der Waals surface area contributed by atoms with Crippen molar-refractivity contribution in [2.75, 3.05) is 19.7 Å². The summed E-state index contributed by atoms with van der Waals surface area (Å²) in [5.41, 5.74) is 2.16. The van der Waals surface area contributed by atoms with Gasteiger partial charge in [-0.3, -0.25) is 4.79 Å². The predicted molar refractivity (Wildman–Crippen MR) is 98.7 cm³/mol. The lowest BCUT2D eigenvalue weighted by molar-refractivity contribution is -0.149. The van der Waals surface area contributed by atoms with Crippen LogP contribution in [0.5, 0.6) is 0 Å². The molecule has 27 heavy (non-hydrogen) atoms. The van der Waals surface area contributed by atoms with Gasteiger partial charge in [0.05, 0.1) is 19.1 Å². The molecule has 0 unspecified atom stereocenters. The third-order valence-electron chi connectivity index (χ3n) is 4.68. The minimum atomic E-state index is -0.149. The topological polar surface area (TPSA) is 89.4 Å². The molecule has 1 fully saturated rings. The maximum atomic E-state index is 12.3.